The minimum Gasteiger partial charge on any atom is -0.301 e. The fourth-order valence-corrected chi connectivity index (χ4v) is 10.4. The molecule has 1 atom stereocenters. The van der Waals surface area contributed by atoms with Crippen molar-refractivity contribution < 1.29 is 0 Å². The molecule has 0 amide bonds. The lowest BCUT2D eigenvalue weighted by Gasteiger charge is -2.48. The van der Waals surface area contributed by atoms with Gasteiger partial charge in [-0.25, -0.2) is 0 Å². The van der Waals surface area contributed by atoms with Crippen LogP contribution in [0.1, 0.15) is 72.6 Å². The largest absolute Gasteiger partial charge is 0.301 e. The average Bonchev–Trinajstić information content (AvgIpc) is 2.95. The number of nitrogens with one attached hydrogen (secondary N) is 1. The Morgan fingerprint density at radius 3 is 1.65 bits per heavy atom. The topological polar surface area (TPSA) is 12.0 Å². The molecular formula is C29H39NSi. The van der Waals surface area contributed by atoms with E-state index >= 15 is 0 Å². The van der Waals surface area contributed by atoms with Gasteiger partial charge in [-0.05, 0) is 51.7 Å². The monoisotopic (exact) mass is 429 g/mol. The third kappa shape index (κ3) is 4.52. The van der Waals surface area contributed by atoms with Gasteiger partial charge in [-0.15, -0.1) is 0 Å². The van der Waals surface area contributed by atoms with Crippen LogP contribution in [0.25, 0.3) is 0 Å². The van der Waals surface area contributed by atoms with E-state index in [1.807, 2.05) is 0 Å². The second-order valence-corrected chi connectivity index (χ2v) is 13.4. The summed E-state index contributed by atoms with van der Waals surface area (Å²) in [5, 5.41) is 7.72. The zero-order valence-corrected chi connectivity index (χ0v) is 21.0. The molecule has 0 aromatic heterocycles. The Morgan fingerprint density at radius 2 is 1.19 bits per heavy atom. The first-order chi connectivity index (χ1) is 15.0. The highest BCUT2D eigenvalue weighted by Crippen LogP contribution is 2.38. The van der Waals surface area contributed by atoms with E-state index in [-0.39, 0.29) is 10.7 Å². The molecule has 0 radical (unpaired) electrons. The molecular weight excluding hydrogens is 390 g/mol. The summed E-state index contributed by atoms with van der Waals surface area (Å²) >= 11 is 0. The van der Waals surface area contributed by atoms with Crippen LogP contribution < -0.4 is 15.7 Å². The van der Waals surface area contributed by atoms with E-state index in [9.17, 15) is 0 Å². The highest BCUT2D eigenvalue weighted by atomic mass is 28.3. The van der Waals surface area contributed by atoms with E-state index in [4.69, 9.17) is 0 Å². The Bertz CT molecular complexity index is 896. The summed E-state index contributed by atoms with van der Waals surface area (Å²) in [7, 11) is -1.55. The maximum absolute atomic E-state index is 4.41. The van der Waals surface area contributed by atoms with Gasteiger partial charge >= 0.3 is 0 Å². The van der Waals surface area contributed by atoms with Crippen molar-refractivity contribution in [1.29, 1.82) is 0 Å². The fourth-order valence-electron chi connectivity index (χ4n) is 6.13. The van der Waals surface area contributed by atoms with Crippen LogP contribution in [-0.4, -0.2) is 19.5 Å². The number of hydrogen-bond acceptors (Lipinski definition) is 1. The standard InChI is InChI=1S/C29H39NSi/c1-23-22-28(4,25(3)24(23)2)30-29(20-14-6-5-7-15-21-29)31(26-16-10-8-11-17-26)27-18-12-9-13-19-27/h8-13,16-19,22,30-31H,5-7,14-15,20-21H2,1-4H3. The molecule has 1 fully saturated rings. The molecule has 2 aromatic carbocycles. The Morgan fingerprint density at radius 1 is 0.710 bits per heavy atom. The maximum Gasteiger partial charge on any atom is 0.124 e. The molecule has 2 aromatic rings. The van der Waals surface area contributed by atoms with E-state index in [1.165, 1.54) is 61.7 Å². The van der Waals surface area contributed by atoms with Crippen molar-refractivity contribution in [1.82, 2.24) is 5.32 Å². The average molecular weight is 430 g/mol. The molecule has 2 aliphatic carbocycles. The molecule has 2 heteroatoms. The summed E-state index contributed by atoms with van der Waals surface area (Å²) < 4.78 is 0. The molecule has 2 aliphatic rings. The lowest BCUT2D eigenvalue weighted by atomic mass is 9.89. The SMILES string of the molecule is CC1=CC(C)(NC2([SiH](c3ccccc3)c3ccccc3)CCCCCCC2)C(C)=C1C. The third-order valence-corrected chi connectivity index (χ3v) is 11.9. The van der Waals surface area contributed by atoms with E-state index in [1.54, 1.807) is 10.4 Å². The van der Waals surface area contributed by atoms with Gasteiger partial charge in [-0.1, -0.05) is 115 Å². The minimum absolute atomic E-state index is 0.0534. The zero-order chi connectivity index (χ0) is 21.9. The Hall–Kier alpha value is -1.90. The van der Waals surface area contributed by atoms with Gasteiger partial charge in [0.1, 0.15) is 8.80 Å². The van der Waals surface area contributed by atoms with Crippen molar-refractivity contribution >= 4 is 19.2 Å². The van der Waals surface area contributed by atoms with Crippen LogP contribution in [0.2, 0.25) is 0 Å². The van der Waals surface area contributed by atoms with Gasteiger partial charge in [-0.2, -0.15) is 0 Å². The van der Waals surface area contributed by atoms with Crippen LogP contribution >= 0.6 is 0 Å². The van der Waals surface area contributed by atoms with Crippen LogP contribution in [-0.2, 0) is 0 Å². The van der Waals surface area contributed by atoms with Gasteiger partial charge in [0.05, 0.1) is 5.54 Å². The molecule has 1 nitrogen and oxygen atoms in total. The minimum atomic E-state index is -1.55. The smallest absolute Gasteiger partial charge is 0.124 e. The van der Waals surface area contributed by atoms with Gasteiger partial charge < -0.3 is 5.32 Å². The molecule has 0 aliphatic heterocycles. The van der Waals surface area contributed by atoms with Crippen LogP contribution in [0.3, 0.4) is 0 Å². The van der Waals surface area contributed by atoms with E-state index in [0.717, 1.165) is 0 Å². The van der Waals surface area contributed by atoms with Crippen LogP contribution in [0.15, 0.2) is 83.5 Å². The maximum atomic E-state index is 4.41. The number of hydrogen-bond donors (Lipinski definition) is 1. The Balaban J connectivity index is 1.86. The molecule has 0 bridgehead atoms. The highest BCUT2D eigenvalue weighted by Gasteiger charge is 2.46. The Labute approximate surface area is 191 Å². The predicted molar refractivity (Wildman–Crippen MR) is 138 cm³/mol. The molecule has 0 saturated heterocycles. The molecule has 1 N–H and O–H groups in total. The molecule has 1 unspecified atom stereocenters. The third-order valence-electron chi connectivity index (χ3n) is 8.01. The van der Waals surface area contributed by atoms with Gasteiger partial charge in [0.25, 0.3) is 0 Å². The summed E-state index contributed by atoms with van der Waals surface area (Å²) in [6, 6.07) is 22.9. The first-order valence-corrected chi connectivity index (χ1v) is 14.0. The number of rotatable bonds is 5. The second kappa shape index (κ2) is 9.30. The van der Waals surface area contributed by atoms with Crippen LogP contribution in [0.4, 0.5) is 0 Å². The van der Waals surface area contributed by atoms with Gasteiger partial charge in [0.2, 0.25) is 0 Å². The molecule has 1 saturated carbocycles. The summed E-state index contributed by atoms with van der Waals surface area (Å²) in [6.07, 6.45) is 11.9. The summed E-state index contributed by atoms with van der Waals surface area (Å²) in [5.41, 5.74) is 4.35. The van der Waals surface area contributed by atoms with Crippen molar-refractivity contribution in [2.75, 3.05) is 0 Å². The second-order valence-electron chi connectivity index (χ2n) is 10.1. The number of benzene rings is 2. The first-order valence-electron chi connectivity index (χ1n) is 12.2. The van der Waals surface area contributed by atoms with E-state index < -0.39 is 8.80 Å². The summed E-state index contributed by atoms with van der Waals surface area (Å²) in [6.45, 7) is 9.33. The summed E-state index contributed by atoms with van der Waals surface area (Å²) in [4.78, 5) is 0. The molecule has 164 valence electrons. The first kappa shape index (κ1) is 22.3. The molecule has 31 heavy (non-hydrogen) atoms. The normalized spacial score (nSPS) is 24.1. The number of allylic oxidation sites excluding steroid dienone is 2. The quantitative estimate of drug-likeness (QED) is 0.602. The van der Waals surface area contributed by atoms with Crippen molar-refractivity contribution in [2.24, 2.45) is 0 Å². The zero-order valence-electron chi connectivity index (χ0n) is 19.9. The van der Waals surface area contributed by atoms with Crippen LogP contribution in [0, 0.1) is 0 Å². The fraction of sp³-hybridized carbons (Fsp3) is 0.448. The predicted octanol–water partition coefficient (Wildman–Crippen LogP) is 5.69. The highest BCUT2D eigenvalue weighted by molar-refractivity contribution is 6.87. The van der Waals surface area contributed by atoms with Gasteiger partial charge in [0.15, 0.2) is 0 Å². The van der Waals surface area contributed by atoms with Crippen molar-refractivity contribution in [2.45, 2.75) is 83.3 Å². The Kier molecular flexibility index (Phi) is 6.69. The van der Waals surface area contributed by atoms with E-state index in [2.05, 4.69) is 99.8 Å². The van der Waals surface area contributed by atoms with Crippen LogP contribution in [0.5, 0.6) is 0 Å². The van der Waals surface area contributed by atoms with E-state index in [0.29, 0.717) is 0 Å². The molecule has 0 spiro atoms. The molecule has 4 rings (SSSR count). The lowest BCUT2D eigenvalue weighted by molar-refractivity contribution is 0.295. The summed E-state index contributed by atoms with van der Waals surface area (Å²) in [5.74, 6) is 0. The van der Waals surface area contributed by atoms with Gasteiger partial charge in [-0.3, -0.25) is 0 Å². The van der Waals surface area contributed by atoms with Crippen molar-refractivity contribution in [3.8, 4) is 0 Å². The van der Waals surface area contributed by atoms with Gasteiger partial charge in [0, 0.05) is 5.16 Å². The lowest BCUT2D eigenvalue weighted by Crippen LogP contribution is -2.71. The van der Waals surface area contributed by atoms with Crippen molar-refractivity contribution in [3.05, 3.63) is 83.5 Å². The molecule has 0 heterocycles. The van der Waals surface area contributed by atoms with Crippen molar-refractivity contribution in [3.63, 3.8) is 0 Å².